The first-order valence-corrected chi connectivity index (χ1v) is 8.13. The van der Waals surface area contributed by atoms with Gasteiger partial charge in [-0.15, -0.1) is 11.3 Å². The number of esters is 2. The average molecular weight is 355 g/mol. The molecule has 0 unspecified atom stereocenters. The van der Waals surface area contributed by atoms with Crippen molar-refractivity contribution in [3.05, 3.63) is 28.2 Å². The zero-order valence-electron chi connectivity index (χ0n) is 12.2. The fraction of sp³-hybridized carbons (Fsp3) is 0.231. The molecule has 2 N–H and O–H groups in total. The van der Waals surface area contributed by atoms with Crippen LogP contribution in [0.3, 0.4) is 0 Å². The Morgan fingerprint density at radius 2 is 2.04 bits per heavy atom. The van der Waals surface area contributed by atoms with Gasteiger partial charge >= 0.3 is 11.9 Å². The monoisotopic (exact) mass is 355 g/mol. The molecule has 0 bridgehead atoms. The summed E-state index contributed by atoms with van der Waals surface area (Å²) in [6.45, 7) is 0. The van der Waals surface area contributed by atoms with Crippen LogP contribution in [-0.4, -0.2) is 47.8 Å². The van der Waals surface area contributed by atoms with Crippen LogP contribution < -0.4 is 5.32 Å². The smallest absolute Gasteiger partial charge is 0.356 e. The SMILES string of the molecule is COC(=O)c1cnc(SCC(=O)Nc2ccsc2C(=O)OC)[nH]1. The second kappa shape index (κ2) is 7.79. The van der Waals surface area contributed by atoms with E-state index in [-0.39, 0.29) is 17.4 Å². The summed E-state index contributed by atoms with van der Waals surface area (Å²) in [7, 11) is 2.54. The molecule has 2 aromatic heterocycles. The lowest BCUT2D eigenvalue weighted by molar-refractivity contribution is -0.113. The highest BCUT2D eigenvalue weighted by molar-refractivity contribution is 7.99. The van der Waals surface area contributed by atoms with Gasteiger partial charge in [0.1, 0.15) is 10.6 Å². The molecule has 2 rings (SSSR count). The minimum atomic E-state index is -0.533. The number of anilines is 1. The predicted molar refractivity (Wildman–Crippen MR) is 84.9 cm³/mol. The van der Waals surface area contributed by atoms with Crippen LogP contribution in [0.2, 0.25) is 0 Å². The van der Waals surface area contributed by atoms with E-state index in [1.165, 1.54) is 31.8 Å². The Kier molecular flexibility index (Phi) is 5.77. The van der Waals surface area contributed by atoms with Gasteiger partial charge in [-0.2, -0.15) is 0 Å². The summed E-state index contributed by atoms with van der Waals surface area (Å²) in [6.07, 6.45) is 1.33. The molecule has 0 aliphatic rings. The number of nitrogens with one attached hydrogen (secondary N) is 2. The Morgan fingerprint density at radius 3 is 2.74 bits per heavy atom. The Morgan fingerprint density at radius 1 is 1.30 bits per heavy atom. The number of aromatic nitrogens is 2. The molecule has 2 aromatic rings. The quantitative estimate of drug-likeness (QED) is 0.600. The number of carbonyl (C=O) groups excluding carboxylic acids is 3. The van der Waals surface area contributed by atoms with E-state index in [9.17, 15) is 14.4 Å². The van der Waals surface area contributed by atoms with E-state index in [1.807, 2.05) is 0 Å². The molecule has 0 saturated heterocycles. The van der Waals surface area contributed by atoms with Crippen molar-refractivity contribution >= 4 is 46.6 Å². The summed E-state index contributed by atoms with van der Waals surface area (Å²) >= 11 is 2.30. The van der Waals surface area contributed by atoms with Crippen LogP contribution in [0, 0.1) is 0 Å². The first-order valence-electron chi connectivity index (χ1n) is 6.27. The van der Waals surface area contributed by atoms with Gasteiger partial charge in [-0.25, -0.2) is 14.6 Å². The summed E-state index contributed by atoms with van der Waals surface area (Å²) in [5, 5.41) is 4.73. The highest BCUT2D eigenvalue weighted by Gasteiger charge is 2.16. The molecule has 122 valence electrons. The van der Waals surface area contributed by atoms with Gasteiger partial charge in [0.25, 0.3) is 0 Å². The van der Waals surface area contributed by atoms with Crippen LogP contribution in [0.25, 0.3) is 0 Å². The Balaban J connectivity index is 1.91. The average Bonchev–Trinajstić information content (AvgIpc) is 3.20. The number of nitrogens with zero attached hydrogens (tertiary/aromatic N) is 1. The van der Waals surface area contributed by atoms with Crippen molar-refractivity contribution < 1.29 is 23.9 Å². The van der Waals surface area contributed by atoms with Gasteiger partial charge in [-0.1, -0.05) is 11.8 Å². The van der Waals surface area contributed by atoms with Gasteiger partial charge < -0.3 is 19.8 Å². The maximum absolute atomic E-state index is 11.9. The zero-order valence-corrected chi connectivity index (χ0v) is 13.9. The number of carbonyl (C=O) groups is 3. The van der Waals surface area contributed by atoms with Gasteiger partial charge in [0.15, 0.2) is 5.16 Å². The fourth-order valence-electron chi connectivity index (χ4n) is 1.57. The zero-order chi connectivity index (χ0) is 16.8. The summed E-state index contributed by atoms with van der Waals surface area (Å²) < 4.78 is 9.19. The first kappa shape index (κ1) is 17.0. The molecule has 0 aliphatic carbocycles. The number of imidazole rings is 1. The van der Waals surface area contributed by atoms with Gasteiger partial charge in [0.05, 0.1) is 31.9 Å². The molecule has 0 radical (unpaired) electrons. The van der Waals surface area contributed by atoms with E-state index in [2.05, 4.69) is 24.8 Å². The van der Waals surface area contributed by atoms with E-state index < -0.39 is 11.9 Å². The summed E-state index contributed by atoms with van der Waals surface area (Å²) in [6, 6.07) is 1.63. The maximum atomic E-state index is 11.9. The molecule has 8 nitrogen and oxygen atoms in total. The molecule has 23 heavy (non-hydrogen) atoms. The minimum absolute atomic E-state index is 0.0601. The van der Waals surface area contributed by atoms with Crippen molar-refractivity contribution in [2.24, 2.45) is 0 Å². The molecule has 0 spiro atoms. The van der Waals surface area contributed by atoms with Gasteiger partial charge in [-0.05, 0) is 11.4 Å². The number of H-pyrrole nitrogens is 1. The van der Waals surface area contributed by atoms with Gasteiger partial charge in [0.2, 0.25) is 5.91 Å². The number of thiophene rings is 1. The molecule has 0 aliphatic heterocycles. The van der Waals surface area contributed by atoms with E-state index in [1.54, 1.807) is 11.4 Å². The van der Waals surface area contributed by atoms with Gasteiger partial charge in [-0.3, -0.25) is 4.79 Å². The first-order chi connectivity index (χ1) is 11.0. The molecule has 0 fully saturated rings. The normalized spacial score (nSPS) is 10.2. The standard InChI is InChI=1S/C13H13N3O5S2/c1-20-11(18)8-5-14-13(16-8)23-6-9(17)15-7-3-4-22-10(7)12(19)21-2/h3-5H,6H2,1-2H3,(H,14,16)(H,15,17). The van der Waals surface area contributed by atoms with E-state index in [0.29, 0.717) is 15.7 Å². The highest BCUT2D eigenvalue weighted by atomic mass is 32.2. The highest BCUT2D eigenvalue weighted by Crippen LogP contribution is 2.23. The molecule has 2 heterocycles. The van der Waals surface area contributed by atoms with Crippen LogP contribution in [0.5, 0.6) is 0 Å². The predicted octanol–water partition coefficient (Wildman–Crippen LogP) is 1.78. The largest absolute Gasteiger partial charge is 0.465 e. The maximum Gasteiger partial charge on any atom is 0.356 e. The molecule has 0 atom stereocenters. The van der Waals surface area contributed by atoms with Crippen molar-refractivity contribution in [2.45, 2.75) is 5.16 Å². The van der Waals surface area contributed by atoms with Crippen molar-refractivity contribution in [3.8, 4) is 0 Å². The lowest BCUT2D eigenvalue weighted by Crippen LogP contribution is -2.15. The second-order valence-corrected chi connectivity index (χ2v) is 5.97. The number of thioether (sulfide) groups is 1. The topological polar surface area (TPSA) is 110 Å². The fourth-order valence-corrected chi connectivity index (χ4v) is 2.98. The Hall–Kier alpha value is -2.33. The molecule has 1 amide bonds. The van der Waals surface area contributed by atoms with Crippen LogP contribution in [0.1, 0.15) is 20.2 Å². The number of aromatic amines is 1. The van der Waals surface area contributed by atoms with E-state index in [4.69, 9.17) is 0 Å². The third-order valence-corrected chi connectivity index (χ3v) is 4.39. The molecule has 10 heteroatoms. The summed E-state index contributed by atoms with van der Waals surface area (Å²) in [5.41, 5.74) is 0.614. The summed E-state index contributed by atoms with van der Waals surface area (Å²) in [4.78, 5) is 41.8. The third kappa shape index (κ3) is 4.33. The van der Waals surface area contributed by atoms with Crippen LogP contribution in [0.15, 0.2) is 22.8 Å². The van der Waals surface area contributed by atoms with Crippen LogP contribution in [0.4, 0.5) is 5.69 Å². The lowest BCUT2D eigenvalue weighted by atomic mass is 10.4. The lowest BCUT2D eigenvalue weighted by Gasteiger charge is -2.04. The summed E-state index contributed by atoms with van der Waals surface area (Å²) in [5.74, 6) is -1.29. The van der Waals surface area contributed by atoms with Crippen molar-refractivity contribution in [1.29, 1.82) is 0 Å². The van der Waals surface area contributed by atoms with Crippen LogP contribution in [-0.2, 0) is 14.3 Å². The number of hydrogen-bond donors (Lipinski definition) is 2. The minimum Gasteiger partial charge on any atom is -0.465 e. The Bertz CT molecular complexity index is 725. The number of ether oxygens (including phenoxy) is 2. The number of hydrogen-bond acceptors (Lipinski definition) is 8. The van der Waals surface area contributed by atoms with E-state index >= 15 is 0 Å². The van der Waals surface area contributed by atoms with E-state index in [0.717, 1.165) is 11.8 Å². The molecule has 0 saturated carbocycles. The van der Waals surface area contributed by atoms with Crippen LogP contribution >= 0.6 is 23.1 Å². The number of amides is 1. The van der Waals surface area contributed by atoms with Crippen molar-refractivity contribution in [2.75, 3.05) is 25.3 Å². The van der Waals surface area contributed by atoms with Gasteiger partial charge in [0, 0.05) is 0 Å². The molecule has 0 aromatic carbocycles. The Labute approximate surface area is 139 Å². The third-order valence-electron chi connectivity index (χ3n) is 2.61. The van der Waals surface area contributed by atoms with Crippen molar-refractivity contribution in [3.63, 3.8) is 0 Å². The number of methoxy groups -OCH3 is 2. The molecular formula is C13H13N3O5S2. The molecular weight excluding hydrogens is 342 g/mol. The number of rotatable bonds is 6. The second-order valence-electron chi connectivity index (χ2n) is 4.09. The van der Waals surface area contributed by atoms with Crippen molar-refractivity contribution in [1.82, 2.24) is 9.97 Å².